The summed E-state index contributed by atoms with van der Waals surface area (Å²) in [6, 6.07) is 5.40. The lowest BCUT2D eigenvalue weighted by Crippen LogP contribution is -2.50. The van der Waals surface area contributed by atoms with E-state index in [2.05, 4.69) is 32.3 Å². The summed E-state index contributed by atoms with van der Waals surface area (Å²) in [7, 11) is 3.42. The van der Waals surface area contributed by atoms with Crippen molar-refractivity contribution in [2.45, 2.75) is 25.8 Å². The Balaban J connectivity index is 1.87. The zero-order valence-corrected chi connectivity index (χ0v) is 19.2. The largest absolute Gasteiger partial charge is 0.364 e. The van der Waals surface area contributed by atoms with Crippen LogP contribution in [0, 0.1) is 0 Å². The molecule has 2 aromatic rings. The first kappa shape index (κ1) is 23.7. The quantitative estimate of drug-likeness (QED) is 0.556. The Morgan fingerprint density at radius 3 is 2.82 bits per heavy atom. The molecule has 2 heterocycles. The molecular weight excluding hydrogens is 420 g/mol. The van der Waals surface area contributed by atoms with Crippen LogP contribution in [-0.2, 0) is 0 Å². The fourth-order valence-electron chi connectivity index (χ4n) is 3.63. The highest BCUT2D eigenvalue weighted by Crippen LogP contribution is 2.28. The minimum Gasteiger partial charge on any atom is -0.364 e. The summed E-state index contributed by atoms with van der Waals surface area (Å²) in [4.78, 5) is 40.5. The van der Waals surface area contributed by atoms with E-state index in [0.29, 0.717) is 18.1 Å². The van der Waals surface area contributed by atoms with Crippen LogP contribution >= 0.6 is 0 Å². The minimum atomic E-state index is -0.677. The van der Waals surface area contributed by atoms with Gasteiger partial charge in [-0.3, -0.25) is 9.79 Å². The van der Waals surface area contributed by atoms with Crippen LogP contribution in [0.5, 0.6) is 0 Å². The van der Waals surface area contributed by atoms with Crippen molar-refractivity contribution in [1.29, 1.82) is 0 Å². The number of hydrogen-bond acceptors (Lipinski definition) is 7. The molecule has 0 saturated carbocycles. The lowest BCUT2D eigenvalue weighted by Gasteiger charge is -2.34. The second kappa shape index (κ2) is 10.6. The number of amides is 3. The Labute approximate surface area is 193 Å². The van der Waals surface area contributed by atoms with Crippen molar-refractivity contribution >= 4 is 47.7 Å². The lowest BCUT2D eigenvalue weighted by molar-refractivity contribution is 0.0996. The number of primary amides is 1. The monoisotopic (exact) mass is 450 g/mol. The third kappa shape index (κ3) is 5.85. The number of hydrogen-bond donors (Lipinski definition) is 3. The van der Waals surface area contributed by atoms with Gasteiger partial charge in [0.1, 0.15) is 5.82 Å². The molecule has 0 bridgehead atoms. The maximum atomic E-state index is 12.0. The van der Waals surface area contributed by atoms with E-state index in [-0.39, 0.29) is 23.6 Å². The van der Waals surface area contributed by atoms with Gasteiger partial charge in [-0.15, -0.1) is 0 Å². The zero-order chi connectivity index (χ0) is 24.0. The van der Waals surface area contributed by atoms with Gasteiger partial charge in [-0.25, -0.2) is 14.8 Å². The van der Waals surface area contributed by atoms with Gasteiger partial charge in [-0.2, -0.15) is 0 Å². The van der Waals surface area contributed by atoms with E-state index >= 15 is 0 Å². The molecule has 1 atom stereocenters. The first-order valence-corrected chi connectivity index (χ1v) is 10.7. The average Bonchev–Trinajstić information content (AvgIpc) is 2.79. The van der Waals surface area contributed by atoms with E-state index in [4.69, 9.17) is 5.73 Å². The topological polar surface area (TPSA) is 129 Å². The zero-order valence-electron chi connectivity index (χ0n) is 19.2. The highest BCUT2D eigenvalue weighted by Gasteiger charge is 2.24. The Bertz CT molecular complexity index is 1070. The predicted molar refractivity (Wildman–Crippen MR) is 132 cm³/mol. The van der Waals surface area contributed by atoms with Gasteiger partial charge in [0.25, 0.3) is 5.91 Å². The normalized spacial score (nSPS) is 15.8. The molecule has 33 heavy (non-hydrogen) atoms. The van der Waals surface area contributed by atoms with Gasteiger partial charge in [0, 0.05) is 44.5 Å². The molecule has 0 unspecified atom stereocenters. The molecule has 174 valence electrons. The van der Waals surface area contributed by atoms with Gasteiger partial charge >= 0.3 is 6.03 Å². The number of piperidine rings is 1. The van der Waals surface area contributed by atoms with Crippen molar-refractivity contribution in [3.05, 3.63) is 41.7 Å². The summed E-state index contributed by atoms with van der Waals surface area (Å²) in [5, 5.41) is 6.19. The van der Waals surface area contributed by atoms with E-state index in [1.54, 1.807) is 14.1 Å². The number of nitrogens with one attached hydrogen (secondary N) is 2. The molecule has 1 saturated heterocycles. The second-order valence-corrected chi connectivity index (χ2v) is 7.98. The maximum absolute atomic E-state index is 12.0. The number of aromatic nitrogens is 2. The van der Waals surface area contributed by atoms with E-state index in [9.17, 15) is 9.59 Å². The first-order valence-electron chi connectivity index (χ1n) is 10.7. The number of urea groups is 1. The lowest BCUT2D eigenvalue weighted by atomic mass is 10.1. The van der Waals surface area contributed by atoms with E-state index in [1.807, 2.05) is 42.2 Å². The number of allylic oxidation sites excluding steroid dienone is 1. The Kier molecular flexibility index (Phi) is 7.60. The molecule has 10 heteroatoms. The summed E-state index contributed by atoms with van der Waals surface area (Å²) < 4.78 is 0. The van der Waals surface area contributed by atoms with Crippen LogP contribution in [-0.4, -0.2) is 66.8 Å². The molecule has 3 amide bonds. The summed E-state index contributed by atoms with van der Waals surface area (Å²) in [5.41, 5.74) is 7.92. The highest BCUT2D eigenvalue weighted by atomic mass is 16.2. The molecule has 0 radical (unpaired) electrons. The number of aliphatic imine (C=N–C) groups is 1. The van der Waals surface area contributed by atoms with Crippen LogP contribution in [0.1, 0.15) is 35.8 Å². The maximum Gasteiger partial charge on any atom is 0.317 e. The fraction of sp³-hybridized carbons (Fsp3) is 0.348. The molecule has 3 rings (SSSR count). The fourth-order valence-corrected chi connectivity index (χ4v) is 3.63. The standard InChI is InChI=1S/C23H30N8O2/c1-5-7-15-12-16(9-10-18(15)25-2)27-22-20(21(24)32)26-13-19(29-22)31-11-6-8-17(14-31)28-23(33)30(3)4/h5,7,9-10,12-13,17H,2,6,8,11,14H2,1,3-4H3,(H2,24,32)(H,27,29)(H,28,33)/b7-5-/t17-/m1/s1. The number of nitrogens with two attached hydrogens (primary N) is 1. The number of rotatable bonds is 7. The Morgan fingerprint density at radius 1 is 1.36 bits per heavy atom. The second-order valence-electron chi connectivity index (χ2n) is 7.98. The number of anilines is 3. The third-order valence-electron chi connectivity index (χ3n) is 5.28. The van der Waals surface area contributed by atoms with Gasteiger partial charge in [0.05, 0.1) is 11.9 Å². The van der Waals surface area contributed by atoms with Gasteiger partial charge in [0.15, 0.2) is 11.5 Å². The van der Waals surface area contributed by atoms with Crippen molar-refractivity contribution < 1.29 is 9.59 Å². The number of nitrogens with zero attached hydrogens (tertiary/aromatic N) is 5. The summed E-state index contributed by atoms with van der Waals surface area (Å²) in [6.45, 7) is 6.88. The van der Waals surface area contributed by atoms with Crippen LogP contribution in [0.15, 0.2) is 35.5 Å². The SMILES string of the molecule is C=Nc1ccc(Nc2nc(N3CCC[C@@H](NC(=O)N(C)C)C3)cnc2C(N)=O)cc1/C=C\C. The predicted octanol–water partition coefficient (Wildman–Crippen LogP) is 2.92. The molecule has 1 aliphatic rings. The van der Waals surface area contributed by atoms with Crippen molar-refractivity contribution in [3.63, 3.8) is 0 Å². The number of carbonyl (C=O) groups is 2. The van der Waals surface area contributed by atoms with Gasteiger partial charge in [-0.1, -0.05) is 12.2 Å². The highest BCUT2D eigenvalue weighted by molar-refractivity contribution is 5.96. The Morgan fingerprint density at radius 2 is 2.15 bits per heavy atom. The van der Waals surface area contributed by atoms with Crippen molar-refractivity contribution in [2.75, 3.05) is 37.4 Å². The van der Waals surface area contributed by atoms with E-state index in [1.165, 1.54) is 11.1 Å². The molecular formula is C23H30N8O2. The smallest absolute Gasteiger partial charge is 0.317 e. The minimum absolute atomic E-state index is 0.00925. The molecule has 4 N–H and O–H groups in total. The van der Waals surface area contributed by atoms with Crippen molar-refractivity contribution in [3.8, 4) is 0 Å². The first-order chi connectivity index (χ1) is 15.8. The van der Waals surface area contributed by atoms with E-state index in [0.717, 1.165) is 30.6 Å². The van der Waals surface area contributed by atoms with Crippen LogP contribution in [0.25, 0.3) is 6.08 Å². The average molecular weight is 451 g/mol. The van der Waals surface area contributed by atoms with Gasteiger partial charge < -0.3 is 26.2 Å². The van der Waals surface area contributed by atoms with Crippen LogP contribution in [0.2, 0.25) is 0 Å². The molecule has 0 aliphatic carbocycles. The molecule has 1 aliphatic heterocycles. The van der Waals surface area contributed by atoms with Crippen LogP contribution < -0.4 is 21.3 Å². The number of carbonyl (C=O) groups excluding carboxylic acids is 2. The number of benzene rings is 1. The summed E-state index contributed by atoms with van der Waals surface area (Å²) >= 11 is 0. The Hall–Kier alpha value is -3.95. The third-order valence-corrected chi connectivity index (χ3v) is 5.28. The van der Waals surface area contributed by atoms with Crippen molar-refractivity contribution in [2.24, 2.45) is 10.7 Å². The van der Waals surface area contributed by atoms with Gasteiger partial charge in [0.2, 0.25) is 0 Å². The van der Waals surface area contributed by atoms with Crippen molar-refractivity contribution in [1.82, 2.24) is 20.2 Å². The molecule has 0 spiro atoms. The molecule has 1 aromatic carbocycles. The summed E-state index contributed by atoms with van der Waals surface area (Å²) in [6.07, 6.45) is 7.14. The van der Waals surface area contributed by atoms with E-state index < -0.39 is 5.91 Å². The summed E-state index contributed by atoms with van der Waals surface area (Å²) in [5.74, 6) is 0.193. The molecule has 1 aromatic heterocycles. The van der Waals surface area contributed by atoms with Crippen LogP contribution in [0.4, 0.5) is 27.8 Å². The molecule has 1 fully saturated rings. The van der Waals surface area contributed by atoms with Crippen LogP contribution in [0.3, 0.4) is 0 Å². The van der Waals surface area contributed by atoms with Gasteiger partial charge in [-0.05, 0) is 44.7 Å². The molecule has 10 nitrogen and oxygen atoms in total.